The van der Waals surface area contributed by atoms with Crippen molar-refractivity contribution in [3.63, 3.8) is 0 Å². The Kier molecular flexibility index (Phi) is 23400. The maximum Gasteiger partial charge on any atom is 3.00 e. The summed E-state index contributed by atoms with van der Waals surface area (Å²) in [5, 5.41) is 0. The van der Waals surface area contributed by atoms with E-state index in [2.05, 4.69) is 0 Å². The minimum absolute atomic E-state index is 0. The van der Waals surface area contributed by atoms with E-state index in [-0.39, 0.29) is 279 Å². The average molecular weight is 923 g/mol. The summed E-state index contributed by atoms with van der Waals surface area (Å²) in [6, 6.07) is 0. The molecule has 0 aromatic rings. The second-order valence-electron chi connectivity index (χ2n) is 0. The zero-order chi connectivity index (χ0) is 0. The van der Waals surface area contributed by atoms with Gasteiger partial charge in [0.05, 0.1) is 0 Å². The van der Waals surface area contributed by atoms with E-state index in [0.29, 0.717) is 0 Å². The molecule has 0 heterocycles. The standard InChI is InChI=1S/2Co.2Cu.2Fe.2Mn.2Ni.13O.2Zn/q4*+2;2*+3;4*+2;13*-2;2*+2. The monoisotopic (exact) mass is 917 g/mol. The number of hydrogen-bond acceptors (Lipinski definition) is 0. The molecule has 0 bridgehead atoms. The molecule has 0 spiro atoms. The smallest absolute Gasteiger partial charge is 2.00 e. The van der Waals surface area contributed by atoms with Gasteiger partial charge in [0, 0.05) is 0 Å². The van der Waals surface area contributed by atoms with Gasteiger partial charge in [0.15, 0.2) is 0 Å². The van der Waals surface area contributed by atoms with Crippen molar-refractivity contribution >= 4 is 0 Å². The van der Waals surface area contributed by atoms with Gasteiger partial charge in [0.25, 0.3) is 0 Å². The molecule has 0 unspecified atom stereocenters. The van der Waals surface area contributed by atoms with Gasteiger partial charge in [-0.15, -0.1) is 0 Å². The van der Waals surface area contributed by atoms with Gasteiger partial charge in [0.2, 0.25) is 0 Å². The molecule has 0 aliphatic rings. The summed E-state index contributed by atoms with van der Waals surface area (Å²) in [4.78, 5) is 0. The third-order valence-corrected chi connectivity index (χ3v) is 0. The van der Waals surface area contributed by atoms with E-state index in [0.717, 1.165) is 0 Å². The SMILES string of the molecule is [Co+2].[Co+2].[Cu+2].[Cu+2].[Fe+3].[Fe+3].[Mn+2].[Mn+2].[Ni+2].[Ni+2].[O-2].[O-2].[O-2].[O-2].[O-2].[O-2].[O-2].[O-2].[O-2].[O-2].[O-2].[O-2].[O-2].[Zn+2].[Zn+2]. The summed E-state index contributed by atoms with van der Waals surface area (Å²) in [5.74, 6) is 0. The zero-order valence-corrected chi connectivity index (χ0v) is 26.5. The molecule has 0 aliphatic carbocycles. The van der Waals surface area contributed by atoms with Crippen molar-refractivity contribution in [1.29, 1.82) is 0 Å². The minimum Gasteiger partial charge on any atom is -2.00 e. The van der Waals surface area contributed by atoms with Crippen LogP contribution in [-0.4, -0.2) is 0 Å². The second-order valence-corrected chi connectivity index (χ2v) is 0. The van der Waals surface area contributed by atoms with Crippen LogP contribution in [0.4, 0.5) is 0 Å². The predicted molar refractivity (Wildman–Crippen MR) is 8.92 cm³/mol. The Balaban J connectivity index is 0. The van der Waals surface area contributed by atoms with E-state index in [1.807, 2.05) is 0 Å². The molecule has 13 nitrogen and oxygen atoms in total. The van der Waals surface area contributed by atoms with Crippen LogP contribution in [0.5, 0.6) is 0 Å². The van der Waals surface area contributed by atoms with Crippen LogP contribution in [0.15, 0.2) is 0 Å². The summed E-state index contributed by atoms with van der Waals surface area (Å²) >= 11 is 0. The Labute approximate surface area is 275 Å². The molecule has 0 saturated carbocycles. The van der Waals surface area contributed by atoms with E-state index in [9.17, 15) is 0 Å². The molecule has 8 radical (unpaired) electrons. The van der Waals surface area contributed by atoms with Crippen LogP contribution >= 0.6 is 0 Å². The topological polar surface area (TPSA) is 370 Å². The Hall–Kier alpha value is 5.84. The van der Waals surface area contributed by atoms with Crippen molar-refractivity contribution in [1.82, 2.24) is 0 Å². The Morgan fingerprint density at radius 1 is 0.280 bits per heavy atom. The normalized spacial score (nSPS) is 0. The molecule has 172 valence electrons. The van der Waals surface area contributed by atoms with Crippen molar-refractivity contribution in [3.05, 3.63) is 0 Å². The van der Waals surface area contributed by atoms with Crippen molar-refractivity contribution in [2.24, 2.45) is 0 Å². The fourth-order valence-corrected chi connectivity index (χ4v) is 0. The van der Waals surface area contributed by atoms with E-state index < -0.39 is 0 Å². The summed E-state index contributed by atoms with van der Waals surface area (Å²) in [6.07, 6.45) is 0. The fourth-order valence-electron chi connectivity index (χ4n) is 0. The molecule has 0 fully saturated rings. The largest absolute Gasteiger partial charge is 3.00 e. The minimum atomic E-state index is 0. The van der Waals surface area contributed by atoms with Crippen LogP contribution < -0.4 is 0 Å². The average Bonchev–Trinajstić information content (AvgIpc) is 0. The van der Waals surface area contributed by atoms with E-state index in [1.54, 1.807) is 0 Å². The van der Waals surface area contributed by atoms with E-state index in [4.69, 9.17) is 0 Å². The molecule has 0 atom stereocenters. The van der Waals surface area contributed by atoms with Crippen LogP contribution in [0.3, 0.4) is 0 Å². The Morgan fingerprint density at radius 2 is 0.280 bits per heavy atom. The van der Waals surface area contributed by atoms with E-state index in [1.165, 1.54) is 0 Å². The zero-order valence-electron chi connectivity index (χ0n) is 10.1. The van der Waals surface area contributed by atoms with Crippen molar-refractivity contribution in [2.45, 2.75) is 0 Å². The van der Waals surface area contributed by atoms with Crippen LogP contribution in [0.25, 0.3) is 0 Å². The molecule has 0 saturated heterocycles. The van der Waals surface area contributed by atoms with Gasteiger partial charge < -0.3 is 71.2 Å². The molecule has 0 rings (SSSR count). The molecule has 0 aromatic heterocycles. The van der Waals surface area contributed by atoms with Gasteiger partial charge in [-0.1, -0.05) is 0 Å². The Morgan fingerprint density at radius 3 is 0.280 bits per heavy atom. The van der Waals surface area contributed by atoms with Gasteiger partial charge in [-0.25, -0.2) is 0 Å². The first-order chi connectivity index (χ1) is 0. The molecule has 25 heteroatoms. The third kappa shape index (κ3) is 678. The molecular weight excluding hydrogens is 923 g/mol. The van der Waals surface area contributed by atoms with Gasteiger partial charge in [-0.3, -0.25) is 0 Å². The Bertz CT molecular complexity index is 56.0. The second kappa shape index (κ2) is 727. The maximum absolute atomic E-state index is 0. The summed E-state index contributed by atoms with van der Waals surface area (Å²) in [7, 11) is 0. The first kappa shape index (κ1) is 804. The van der Waals surface area contributed by atoms with Gasteiger partial charge in [-0.2, -0.15) is 0 Å². The van der Waals surface area contributed by atoms with Gasteiger partial charge in [0.1, 0.15) is 0 Å². The van der Waals surface area contributed by atoms with Crippen LogP contribution in [0.1, 0.15) is 0 Å². The van der Waals surface area contributed by atoms with E-state index >= 15 is 0 Å². The third-order valence-electron chi connectivity index (χ3n) is 0. The predicted octanol–water partition coefficient (Wildman–Crippen LogP) is -1.57. The first-order valence-electron chi connectivity index (χ1n) is 0. The van der Waals surface area contributed by atoms with Crippen LogP contribution in [-0.2, 0) is 279 Å². The summed E-state index contributed by atoms with van der Waals surface area (Å²) in [5.41, 5.74) is 0. The van der Waals surface area contributed by atoms with Crippen LogP contribution in [0, 0.1) is 0 Å². The van der Waals surface area contributed by atoms with Crippen molar-refractivity contribution in [2.75, 3.05) is 0 Å². The molecular formula is Co2Cu2Fe2Mn2Ni2O13Zn2. The quantitative estimate of drug-likeness (QED) is 0.249. The molecule has 0 amide bonds. The molecule has 0 aliphatic heterocycles. The summed E-state index contributed by atoms with van der Waals surface area (Å²) < 4.78 is 0. The number of rotatable bonds is 0. The van der Waals surface area contributed by atoms with Gasteiger partial charge >= 0.3 is 208 Å². The van der Waals surface area contributed by atoms with Crippen LogP contribution in [0.2, 0.25) is 0 Å². The van der Waals surface area contributed by atoms with Gasteiger partial charge in [-0.05, 0) is 0 Å². The molecule has 0 aromatic carbocycles. The van der Waals surface area contributed by atoms with Crippen molar-refractivity contribution in [3.8, 4) is 0 Å². The summed E-state index contributed by atoms with van der Waals surface area (Å²) in [6.45, 7) is 0. The molecule has 0 N–H and O–H groups in total. The number of hydrogen-bond donors (Lipinski definition) is 0. The molecule has 25 heavy (non-hydrogen) atoms. The fraction of sp³-hybridized carbons (Fsp3) is 0. The first-order valence-corrected chi connectivity index (χ1v) is 0. The van der Waals surface area contributed by atoms with Crippen molar-refractivity contribution < 1.29 is 279 Å². The maximum atomic E-state index is 0.